The molecule has 0 aliphatic heterocycles. The summed E-state index contributed by atoms with van der Waals surface area (Å²) in [5.41, 5.74) is 1.99. The number of benzene rings is 2. The fraction of sp³-hybridized carbons (Fsp3) is 0.118. The highest BCUT2D eigenvalue weighted by atomic mass is 16.5. The molecule has 0 aliphatic carbocycles. The summed E-state index contributed by atoms with van der Waals surface area (Å²) in [6.45, 7) is 0. The van der Waals surface area contributed by atoms with Crippen LogP contribution in [-0.4, -0.2) is 34.9 Å². The lowest BCUT2D eigenvalue weighted by Crippen LogP contribution is -2.12. The third-order valence-corrected chi connectivity index (χ3v) is 3.45. The summed E-state index contributed by atoms with van der Waals surface area (Å²) in [6, 6.07) is 12.3. The Kier molecular flexibility index (Phi) is 4.42. The number of carbonyl (C=O) groups is 1. The van der Waals surface area contributed by atoms with Crippen LogP contribution in [0.2, 0.25) is 0 Å². The maximum Gasteiger partial charge on any atom is 0.255 e. The van der Waals surface area contributed by atoms with Gasteiger partial charge >= 0.3 is 0 Å². The Morgan fingerprint density at radius 1 is 1.04 bits per heavy atom. The molecule has 0 radical (unpaired) electrons. The average Bonchev–Trinajstić information content (AvgIpc) is 3.16. The van der Waals surface area contributed by atoms with Crippen molar-refractivity contribution in [1.82, 2.24) is 14.8 Å². The van der Waals surface area contributed by atoms with Gasteiger partial charge in [-0.3, -0.25) is 4.79 Å². The van der Waals surface area contributed by atoms with Crippen molar-refractivity contribution in [1.29, 1.82) is 0 Å². The van der Waals surface area contributed by atoms with E-state index in [1.165, 1.54) is 6.33 Å². The highest BCUT2D eigenvalue weighted by Gasteiger charge is 2.09. The molecule has 122 valence electrons. The monoisotopic (exact) mass is 324 g/mol. The highest BCUT2D eigenvalue weighted by molar-refractivity contribution is 6.04. The third-order valence-electron chi connectivity index (χ3n) is 3.45. The summed E-state index contributed by atoms with van der Waals surface area (Å²) in [5.74, 6) is 0.942. The number of carbonyl (C=O) groups excluding carboxylic acids is 1. The third kappa shape index (κ3) is 3.19. The molecule has 2 aromatic carbocycles. The van der Waals surface area contributed by atoms with E-state index in [2.05, 4.69) is 15.4 Å². The summed E-state index contributed by atoms with van der Waals surface area (Å²) in [6.07, 6.45) is 3.05. The van der Waals surface area contributed by atoms with Gasteiger partial charge in [-0.1, -0.05) is 0 Å². The number of amides is 1. The van der Waals surface area contributed by atoms with Crippen LogP contribution in [-0.2, 0) is 0 Å². The van der Waals surface area contributed by atoms with Crippen molar-refractivity contribution in [2.24, 2.45) is 0 Å². The van der Waals surface area contributed by atoms with Gasteiger partial charge in [0.05, 0.1) is 19.9 Å². The molecule has 0 fully saturated rings. The Morgan fingerprint density at radius 3 is 2.42 bits per heavy atom. The van der Waals surface area contributed by atoms with E-state index in [-0.39, 0.29) is 5.91 Å². The summed E-state index contributed by atoms with van der Waals surface area (Å²) in [7, 11) is 3.11. The minimum Gasteiger partial charge on any atom is -0.493 e. The minimum absolute atomic E-state index is 0.215. The quantitative estimate of drug-likeness (QED) is 0.780. The van der Waals surface area contributed by atoms with E-state index in [0.717, 1.165) is 5.69 Å². The van der Waals surface area contributed by atoms with E-state index in [9.17, 15) is 4.79 Å². The van der Waals surface area contributed by atoms with Gasteiger partial charge in [0.2, 0.25) is 0 Å². The standard InChI is InChI=1S/C17H16N4O3/c1-23-15-8-5-13(9-16(15)24-2)20-17(22)12-3-6-14(7-4-12)21-11-18-10-19-21/h3-11H,1-2H3,(H,20,22). The van der Waals surface area contributed by atoms with Gasteiger partial charge in [0.25, 0.3) is 5.91 Å². The van der Waals surface area contributed by atoms with Crippen molar-refractivity contribution in [3.63, 3.8) is 0 Å². The summed E-state index contributed by atoms with van der Waals surface area (Å²) >= 11 is 0. The smallest absolute Gasteiger partial charge is 0.255 e. The first-order valence-electron chi connectivity index (χ1n) is 7.19. The number of rotatable bonds is 5. The van der Waals surface area contributed by atoms with Crippen LogP contribution in [0.4, 0.5) is 5.69 Å². The first-order chi connectivity index (χ1) is 11.7. The molecule has 24 heavy (non-hydrogen) atoms. The molecular weight excluding hydrogens is 308 g/mol. The zero-order valence-corrected chi connectivity index (χ0v) is 13.3. The fourth-order valence-corrected chi connectivity index (χ4v) is 2.22. The Bertz CT molecular complexity index is 830. The van der Waals surface area contributed by atoms with Crippen LogP contribution >= 0.6 is 0 Å². The van der Waals surface area contributed by atoms with Crippen molar-refractivity contribution in [3.05, 3.63) is 60.7 Å². The van der Waals surface area contributed by atoms with Crippen LogP contribution in [0.5, 0.6) is 11.5 Å². The molecule has 0 unspecified atom stereocenters. The van der Waals surface area contributed by atoms with Gasteiger partial charge < -0.3 is 14.8 Å². The Labute approximate surface area is 138 Å². The molecule has 0 spiro atoms. The van der Waals surface area contributed by atoms with Crippen LogP contribution < -0.4 is 14.8 Å². The highest BCUT2D eigenvalue weighted by Crippen LogP contribution is 2.29. The number of hydrogen-bond acceptors (Lipinski definition) is 5. The predicted octanol–water partition coefficient (Wildman–Crippen LogP) is 2.54. The number of hydrogen-bond donors (Lipinski definition) is 1. The van der Waals surface area contributed by atoms with Crippen molar-refractivity contribution in [2.75, 3.05) is 19.5 Å². The van der Waals surface area contributed by atoms with Crippen LogP contribution in [0.1, 0.15) is 10.4 Å². The molecule has 1 aromatic heterocycles. The van der Waals surface area contributed by atoms with E-state index in [1.807, 2.05) is 0 Å². The molecule has 0 bridgehead atoms. The summed E-state index contributed by atoms with van der Waals surface area (Å²) in [4.78, 5) is 16.2. The largest absolute Gasteiger partial charge is 0.493 e. The number of nitrogens with one attached hydrogen (secondary N) is 1. The normalized spacial score (nSPS) is 10.2. The van der Waals surface area contributed by atoms with Gasteiger partial charge in [-0.05, 0) is 36.4 Å². The van der Waals surface area contributed by atoms with Crippen LogP contribution in [0, 0.1) is 0 Å². The molecule has 0 saturated heterocycles. The lowest BCUT2D eigenvalue weighted by atomic mass is 10.2. The first kappa shape index (κ1) is 15.5. The van der Waals surface area contributed by atoms with Gasteiger partial charge in [0.1, 0.15) is 12.7 Å². The number of methoxy groups -OCH3 is 2. The second kappa shape index (κ2) is 6.82. The zero-order valence-electron chi connectivity index (χ0n) is 13.3. The van der Waals surface area contributed by atoms with Crippen molar-refractivity contribution < 1.29 is 14.3 Å². The van der Waals surface area contributed by atoms with E-state index in [1.54, 1.807) is 67.7 Å². The summed E-state index contributed by atoms with van der Waals surface area (Å²) < 4.78 is 12.0. The van der Waals surface area contributed by atoms with Crippen LogP contribution in [0.25, 0.3) is 5.69 Å². The van der Waals surface area contributed by atoms with Crippen molar-refractivity contribution >= 4 is 11.6 Å². The van der Waals surface area contributed by atoms with Crippen LogP contribution in [0.3, 0.4) is 0 Å². The number of anilines is 1. The second-order valence-electron chi connectivity index (χ2n) is 4.91. The molecule has 7 nitrogen and oxygen atoms in total. The minimum atomic E-state index is -0.215. The number of aromatic nitrogens is 3. The van der Waals surface area contributed by atoms with Crippen molar-refractivity contribution in [2.45, 2.75) is 0 Å². The topological polar surface area (TPSA) is 78.3 Å². The molecule has 7 heteroatoms. The van der Waals surface area contributed by atoms with Crippen LogP contribution in [0.15, 0.2) is 55.1 Å². The molecule has 1 N–H and O–H groups in total. The van der Waals surface area contributed by atoms with E-state index >= 15 is 0 Å². The van der Waals surface area contributed by atoms with E-state index < -0.39 is 0 Å². The SMILES string of the molecule is COc1ccc(NC(=O)c2ccc(-n3cncn3)cc2)cc1OC. The molecule has 0 aliphatic rings. The Morgan fingerprint density at radius 2 is 1.79 bits per heavy atom. The molecule has 3 aromatic rings. The molecule has 0 atom stereocenters. The number of ether oxygens (including phenoxy) is 2. The van der Waals surface area contributed by atoms with Gasteiger partial charge in [0.15, 0.2) is 11.5 Å². The van der Waals surface area contributed by atoms with Gasteiger partial charge in [-0.15, -0.1) is 0 Å². The molecular formula is C17H16N4O3. The van der Waals surface area contributed by atoms with Gasteiger partial charge in [-0.25, -0.2) is 9.67 Å². The van der Waals surface area contributed by atoms with E-state index in [4.69, 9.17) is 9.47 Å². The maximum atomic E-state index is 12.3. The van der Waals surface area contributed by atoms with Gasteiger partial charge in [-0.2, -0.15) is 5.10 Å². The summed E-state index contributed by atoms with van der Waals surface area (Å²) in [5, 5.41) is 6.87. The van der Waals surface area contributed by atoms with Gasteiger partial charge in [0, 0.05) is 17.3 Å². The zero-order chi connectivity index (χ0) is 16.9. The molecule has 1 amide bonds. The Hall–Kier alpha value is -3.35. The Balaban J connectivity index is 1.75. The number of nitrogens with zero attached hydrogens (tertiary/aromatic N) is 3. The molecule has 3 rings (SSSR count). The molecule has 1 heterocycles. The van der Waals surface area contributed by atoms with E-state index in [0.29, 0.717) is 22.7 Å². The maximum absolute atomic E-state index is 12.3. The lowest BCUT2D eigenvalue weighted by molar-refractivity contribution is 0.102. The lowest BCUT2D eigenvalue weighted by Gasteiger charge is -2.11. The first-order valence-corrected chi connectivity index (χ1v) is 7.19. The van der Waals surface area contributed by atoms with Crippen molar-refractivity contribution in [3.8, 4) is 17.2 Å². The predicted molar refractivity (Wildman–Crippen MR) is 88.9 cm³/mol. The fourth-order valence-electron chi connectivity index (χ4n) is 2.22. The molecule has 0 saturated carbocycles. The second-order valence-corrected chi connectivity index (χ2v) is 4.91. The average molecular weight is 324 g/mol.